The van der Waals surface area contributed by atoms with Gasteiger partial charge in [0, 0.05) is 17.3 Å². The Bertz CT molecular complexity index is 967. The van der Waals surface area contributed by atoms with Gasteiger partial charge in [-0.05, 0) is 31.7 Å². The van der Waals surface area contributed by atoms with Gasteiger partial charge in [0.2, 0.25) is 0 Å². The average Bonchev–Trinajstić information content (AvgIpc) is 2.94. The van der Waals surface area contributed by atoms with Crippen LogP contribution in [0.3, 0.4) is 0 Å². The Morgan fingerprint density at radius 3 is 2.80 bits per heavy atom. The molecular weight excluding hydrogens is 325 g/mol. The van der Waals surface area contributed by atoms with Crippen molar-refractivity contribution in [3.63, 3.8) is 0 Å². The number of aromatic amines is 1. The van der Waals surface area contributed by atoms with Crippen molar-refractivity contribution in [2.24, 2.45) is 0 Å². The summed E-state index contributed by atoms with van der Waals surface area (Å²) in [5.41, 5.74) is 1.72. The highest BCUT2D eigenvalue weighted by Gasteiger charge is 2.28. The number of aryl methyl sites for hydroxylation is 1. The fourth-order valence-corrected chi connectivity index (χ4v) is 3.40. The molecule has 25 heavy (non-hydrogen) atoms. The van der Waals surface area contributed by atoms with Crippen molar-refractivity contribution in [1.29, 1.82) is 0 Å². The maximum Gasteiger partial charge on any atom is 0.274 e. The van der Waals surface area contributed by atoms with E-state index in [0.717, 1.165) is 25.0 Å². The molecule has 1 aliphatic heterocycles. The van der Waals surface area contributed by atoms with E-state index in [4.69, 9.17) is 11.2 Å². The molecule has 1 aliphatic carbocycles. The molecule has 0 unspecified atom stereocenters. The quantitative estimate of drug-likeness (QED) is 0.843. The molecule has 1 aromatic heterocycles. The van der Waals surface area contributed by atoms with E-state index in [0.29, 0.717) is 17.7 Å². The molecule has 0 atom stereocenters. The smallest absolute Gasteiger partial charge is 0.274 e. The van der Waals surface area contributed by atoms with Crippen molar-refractivity contribution in [1.82, 2.24) is 9.78 Å². The third-order valence-electron chi connectivity index (χ3n) is 4.64. The molecule has 2 aliphatic rings. The molecular formula is C18H16FN3O3. The molecule has 0 fully saturated rings. The summed E-state index contributed by atoms with van der Waals surface area (Å²) in [6.07, 6.45) is 8.74. The van der Waals surface area contributed by atoms with E-state index in [9.17, 15) is 14.0 Å². The summed E-state index contributed by atoms with van der Waals surface area (Å²) in [6.45, 7) is -0.138. The third kappa shape index (κ3) is 2.41. The first-order chi connectivity index (χ1) is 12.1. The first-order valence-corrected chi connectivity index (χ1v) is 8.13. The second kappa shape index (κ2) is 5.81. The molecule has 2 heterocycles. The standard InChI is InChI=1S/C18H16FN3O3/c1-2-7-21-15-9-14(12(19)8-16(15)25-10-17(21)23)22-18(24)11-5-3-4-6-13(11)20-22/h1,8-9,20H,3-7,10H2. The van der Waals surface area contributed by atoms with Gasteiger partial charge >= 0.3 is 0 Å². The van der Waals surface area contributed by atoms with Gasteiger partial charge in [-0.1, -0.05) is 5.92 Å². The van der Waals surface area contributed by atoms with Crippen LogP contribution in [0.1, 0.15) is 24.1 Å². The number of carbonyl (C=O) groups is 1. The van der Waals surface area contributed by atoms with Crippen LogP contribution in [0.4, 0.5) is 10.1 Å². The number of hydrogen-bond donors (Lipinski definition) is 1. The predicted octanol–water partition coefficient (Wildman–Crippen LogP) is 1.54. The van der Waals surface area contributed by atoms with Crippen molar-refractivity contribution in [3.8, 4) is 23.8 Å². The minimum atomic E-state index is -0.602. The number of benzene rings is 1. The van der Waals surface area contributed by atoms with Gasteiger partial charge in [-0.15, -0.1) is 6.42 Å². The van der Waals surface area contributed by atoms with Gasteiger partial charge in [-0.3, -0.25) is 19.6 Å². The van der Waals surface area contributed by atoms with Crippen molar-refractivity contribution in [3.05, 3.63) is 39.6 Å². The van der Waals surface area contributed by atoms with Gasteiger partial charge in [-0.25, -0.2) is 9.07 Å². The van der Waals surface area contributed by atoms with Crippen LogP contribution in [-0.2, 0) is 17.6 Å². The first-order valence-electron chi connectivity index (χ1n) is 8.13. The molecule has 0 saturated heterocycles. The lowest BCUT2D eigenvalue weighted by molar-refractivity contribution is -0.121. The van der Waals surface area contributed by atoms with Crippen LogP contribution >= 0.6 is 0 Å². The lowest BCUT2D eigenvalue weighted by Gasteiger charge is -2.28. The molecule has 128 valence electrons. The minimum absolute atomic E-state index is 0.0520. The highest BCUT2D eigenvalue weighted by atomic mass is 19.1. The molecule has 0 spiro atoms. The Kier molecular flexibility index (Phi) is 3.61. The number of aromatic nitrogens is 2. The monoisotopic (exact) mass is 341 g/mol. The Morgan fingerprint density at radius 1 is 1.24 bits per heavy atom. The number of nitrogens with zero attached hydrogens (tertiary/aromatic N) is 2. The molecule has 4 rings (SSSR count). The number of nitrogens with one attached hydrogen (secondary N) is 1. The fraction of sp³-hybridized carbons (Fsp3) is 0.333. The van der Waals surface area contributed by atoms with Crippen LogP contribution in [-0.4, -0.2) is 28.8 Å². The number of halogens is 1. The highest BCUT2D eigenvalue weighted by molar-refractivity contribution is 5.98. The van der Waals surface area contributed by atoms with Crippen molar-refractivity contribution >= 4 is 11.6 Å². The van der Waals surface area contributed by atoms with E-state index in [-0.39, 0.29) is 36.1 Å². The van der Waals surface area contributed by atoms with Crippen molar-refractivity contribution in [2.75, 3.05) is 18.1 Å². The van der Waals surface area contributed by atoms with E-state index in [1.807, 2.05) is 0 Å². The zero-order chi connectivity index (χ0) is 17.6. The van der Waals surface area contributed by atoms with Gasteiger partial charge in [0.1, 0.15) is 11.4 Å². The zero-order valence-electron chi connectivity index (χ0n) is 13.5. The second-order valence-electron chi connectivity index (χ2n) is 6.16. The minimum Gasteiger partial charge on any atom is -0.481 e. The summed E-state index contributed by atoms with van der Waals surface area (Å²) in [6, 6.07) is 2.62. The Labute approximate surface area is 143 Å². The lowest BCUT2D eigenvalue weighted by atomic mass is 9.98. The van der Waals surface area contributed by atoms with Crippen LogP contribution in [0.5, 0.6) is 5.75 Å². The molecule has 1 aromatic carbocycles. The number of terminal acetylenes is 1. The fourth-order valence-electron chi connectivity index (χ4n) is 3.40. The molecule has 6 nitrogen and oxygen atoms in total. The molecule has 2 aromatic rings. The number of anilines is 1. The number of amides is 1. The van der Waals surface area contributed by atoms with Crippen molar-refractivity contribution < 1.29 is 13.9 Å². The van der Waals surface area contributed by atoms with E-state index >= 15 is 0 Å². The van der Waals surface area contributed by atoms with Gasteiger partial charge in [0.25, 0.3) is 11.5 Å². The summed E-state index contributed by atoms with van der Waals surface area (Å²) < 4.78 is 21.1. The molecule has 7 heteroatoms. The largest absolute Gasteiger partial charge is 0.481 e. The van der Waals surface area contributed by atoms with E-state index < -0.39 is 5.82 Å². The van der Waals surface area contributed by atoms with Crippen LogP contribution in [0.25, 0.3) is 5.69 Å². The van der Waals surface area contributed by atoms with E-state index in [2.05, 4.69) is 11.0 Å². The number of fused-ring (bicyclic) bond motifs is 2. The van der Waals surface area contributed by atoms with E-state index in [1.54, 1.807) is 0 Å². The number of carbonyl (C=O) groups excluding carboxylic acids is 1. The topological polar surface area (TPSA) is 67.3 Å². The summed E-state index contributed by atoms with van der Waals surface area (Å²) in [7, 11) is 0. The molecule has 1 amide bonds. The number of rotatable bonds is 2. The zero-order valence-corrected chi connectivity index (χ0v) is 13.5. The van der Waals surface area contributed by atoms with Gasteiger partial charge in [0.15, 0.2) is 12.4 Å². The highest BCUT2D eigenvalue weighted by Crippen LogP contribution is 2.35. The molecule has 0 saturated carbocycles. The van der Waals surface area contributed by atoms with Crippen LogP contribution < -0.4 is 15.2 Å². The van der Waals surface area contributed by atoms with Crippen LogP contribution in [0.2, 0.25) is 0 Å². The molecule has 0 bridgehead atoms. The molecule has 0 radical (unpaired) electrons. The second-order valence-corrected chi connectivity index (χ2v) is 6.16. The Hall–Kier alpha value is -3.01. The summed E-state index contributed by atoms with van der Waals surface area (Å²) in [5, 5.41) is 3.00. The summed E-state index contributed by atoms with van der Waals surface area (Å²) in [5.74, 6) is 1.74. The SMILES string of the molecule is C#CCN1C(=O)COc2cc(F)c(-n3[nH]c4c(c3=O)CCCC4)cc21. The predicted molar refractivity (Wildman–Crippen MR) is 89.7 cm³/mol. The van der Waals surface area contributed by atoms with Crippen LogP contribution in [0.15, 0.2) is 16.9 Å². The maximum absolute atomic E-state index is 14.6. The molecule has 1 N–H and O–H groups in total. The normalized spacial score (nSPS) is 16.0. The first kappa shape index (κ1) is 15.5. The number of hydrogen-bond acceptors (Lipinski definition) is 3. The number of H-pyrrole nitrogens is 1. The number of ether oxygens (including phenoxy) is 1. The summed E-state index contributed by atoms with van der Waals surface area (Å²) in [4.78, 5) is 26.0. The van der Waals surface area contributed by atoms with Gasteiger partial charge in [0.05, 0.1) is 12.2 Å². The van der Waals surface area contributed by atoms with Crippen molar-refractivity contribution in [2.45, 2.75) is 25.7 Å². The Morgan fingerprint density at radius 2 is 2.04 bits per heavy atom. The maximum atomic E-state index is 14.6. The van der Waals surface area contributed by atoms with Gasteiger partial charge < -0.3 is 4.74 Å². The van der Waals surface area contributed by atoms with Crippen LogP contribution in [0, 0.1) is 18.2 Å². The third-order valence-corrected chi connectivity index (χ3v) is 4.64. The summed E-state index contributed by atoms with van der Waals surface area (Å²) >= 11 is 0. The Balaban J connectivity index is 1.87. The van der Waals surface area contributed by atoms with E-state index in [1.165, 1.54) is 21.7 Å². The van der Waals surface area contributed by atoms with Gasteiger partial charge in [-0.2, -0.15) is 0 Å². The average molecular weight is 341 g/mol. The lowest BCUT2D eigenvalue weighted by Crippen LogP contribution is -2.39.